The summed E-state index contributed by atoms with van der Waals surface area (Å²) < 4.78 is 26.7. The van der Waals surface area contributed by atoms with Gasteiger partial charge in [-0.05, 0) is 6.42 Å². The second-order valence-corrected chi connectivity index (χ2v) is 22.3. The van der Waals surface area contributed by atoms with Crippen molar-refractivity contribution >= 4 is 10.1 Å². The van der Waals surface area contributed by atoms with Crippen LogP contribution >= 0.6 is 0 Å². The summed E-state index contributed by atoms with van der Waals surface area (Å²) >= 11 is 0. The average Bonchev–Trinajstić information content (AvgIpc) is 3.26. The van der Waals surface area contributed by atoms with Crippen LogP contribution in [0.15, 0.2) is 0 Å². The number of rotatable bonds is 57. The van der Waals surface area contributed by atoms with E-state index in [2.05, 4.69) is 6.92 Å². The molecule has 0 rings (SSSR count). The molecule has 0 amide bonds. The van der Waals surface area contributed by atoms with E-state index in [1.165, 1.54) is 340 Å². The molecule has 0 saturated carbocycles. The summed E-state index contributed by atoms with van der Waals surface area (Å²) in [6, 6.07) is 0. The maximum absolute atomic E-state index is 10.9. The lowest BCUT2D eigenvalue weighted by Crippen LogP contribution is -2.03. The van der Waals surface area contributed by atoms with Gasteiger partial charge < -0.3 is 0 Å². The minimum absolute atomic E-state index is 0.346. The molecule has 374 valence electrons. The van der Waals surface area contributed by atoms with Crippen molar-refractivity contribution in [1.29, 1.82) is 0 Å². The molecule has 0 saturated heterocycles. The molecule has 0 aliphatic carbocycles. The highest BCUT2D eigenvalue weighted by atomic mass is 32.2. The first kappa shape index (κ1) is 61.9. The molecule has 0 aromatic carbocycles. The van der Waals surface area contributed by atoms with Crippen LogP contribution in [0.2, 0.25) is 0 Å². The maximum atomic E-state index is 10.9. The summed E-state index contributed by atoms with van der Waals surface area (Å²) in [5.74, 6) is 0. The fourth-order valence-electron chi connectivity index (χ4n) is 9.75. The summed E-state index contributed by atoms with van der Waals surface area (Å²) in [5, 5.41) is 0. The minimum Gasteiger partial charge on any atom is -0.270 e. The van der Waals surface area contributed by atoms with Crippen molar-refractivity contribution in [3.63, 3.8) is 0 Å². The van der Waals surface area contributed by atoms with Crippen LogP contribution in [-0.4, -0.2) is 21.3 Å². The Morgan fingerprint density at radius 1 is 0.210 bits per heavy atom. The van der Waals surface area contributed by atoms with E-state index in [-0.39, 0.29) is 0 Å². The summed E-state index contributed by atoms with van der Waals surface area (Å²) in [4.78, 5) is 0. The van der Waals surface area contributed by atoms with Crippen LogP contribution in [0, 0.1) is 0 Å². The standard InChI is InChI=1S/C58H118O3S/c1-3-4-5-6-7-8-9-10-11-12-13-14-15-16-17-18-19-20-21-22-23-24-25-26-27-28-29-30-31-32-33-34-35-36-37-38-39-40-41-42-43-44-45-46-47-48-49-50-51-52-53-54-55-56-57-58-61-62(2,59)60/h3-58H2,1-2H3. The molecule has 0 unspecified atom stereocenters. The Morgan fingerprint density at radius 3 is 0.435 bits per heavy atom. The molecule has 0 aliphatic heterocycles. The maximum Gasteiger partial charge on any atom is 0.264 e. The van der Waals surface area contributed by atoms with Crippen LogP contribution in [-0.2, 0) is 14.3 Å². The number of hydrogen-bond donors (Lipinski definition) is 0. The molecule has 0 bridgehead atoms. The van der Waals surface area contributed by atoms with Gasteiger partial charge in [-0.3, -0.25) is 4.18 Å². The molecule has 62 heavy (non-hydrogen) atoms. The SMILES string of the molecule is CCCCCCCCCCCCCCCCCCCCCCCCCCCCCCCCCCCCCCCCCCCCCCCCCCCCCCCCCOS(C)(=O)=O. The zero-order valence-electron chi connectivity index (χ0n) is 43.2. The Hall–Kier alpha value is -0.0900. The Balaban J connectivity index is 3.07. The molecule has 0 N–H and O–H groups in total. The third-order valence-electron chi connectivity index (χ3n) is 14.0. The molecular weight excluding hydrogens is 777 g/mol. The number of unbranched alkanes of at least 4 members (excludes halogenated alkanes) is 54. The van der Waals surface area contributed by atoms with Gasteiger partial charge in [0.05, 0.1) is 12.9 Å². The summed E-state index contributed by atoms with van der Waals surface area (Å²) in [7, 11) is -3.26. The van der Waals surface area contributed by atoms with Crippen LogP contribution < -0.4 is 0 Å². The van der Waals surface area contributed by atoms with E-state index in [4.69, 9.17) is 4.18 Å². The lowest BCUT2D eigenvalue weighted by atomic mass is 10.0. The summed E-state index contributed by atoms with van der Waals surface area (Å²) in [6.07, 6.45) is 80.4. The van der Waals surface area contributed by atoms with Crippen LogP contribution in [0.4, 0.5) is 0 Å². The highest BCUT2D eigenvalue weighted by molar-refractivity contribution is 7.85. The molecule has 0 atom stereocenters. The average molecular weight is 896 g/mol. The van der Waals surface area contributed by atoms with Crippen LogP contribution in [0.25, 0.3) is 0 Å². The van der Waals surface area contributed by atoms with Gasteiger partial charge in [-0.25, -0.2) is 0 Å². The molecule has 0 aliphatic rings. The van der Waals surface area contributed by atoms with Gasteiger partial charge in [-0.2, -0.15) is 8.42 Å². The Bertz CT molecular complexity index is 887. The van der Waals surface area contributed by atoms with Crippen molar-refractivity contribution in [3.05, 3.63) is 0 Å². The van der Waals surface area contributed by atoms with Crippen LogP contribution in [0.3, 0.4) is 0 Å². The van der Waals surface area contributed by atoms with Crippen LogP contribution in [0.1, 0.15) is 360 Å². The van der Waals surface area contributed by atoms with Gasteiger partial charge in [0.25, 0.3) is 10.1 Å². The minimum atomic E-state index is -3.26. The molecule has 0 heterocycles. The predicted molar refractivity (Wildman–Crippen MR) is 280 cm³/mol. The van der Waals surface area contributed by atoms with E-state index < -0.39 is 10.1 Å². The van der Waals surface area contributed by atoms with Crippen molar-refractivity contribution in [2.45, 2.75) is 360 Å². The predicted octanol–water partition coefficient (Wildman–Crippen LogP) is 21.4. The van der Waals surface area contributed by atoms with Crippen LogP contribution in [0.5, 0.6) is 0 Å². The monoisotopic (exact) mass is 895 g/mol. The van der Waals surface area contributed by atoms with Crippen molar-refractivity contribution in [2.24, 2.45) is 0 Å². The van der Waals surface area contributed by atoms with Gasteiger partial charge in [-0.15, -0.1) is 0 Å². The van der Waals surface area contributed by atoms with E-state index in [9.17, 15) is 8.42 Å². The summed E-state index contributed by atoms with van der Waals surface area (Å²) in [6.45, 7) is 2.66. The molecule has 0 aromatic rings. The van der Waals surface area contributed by atoms with E-state index in [0.29, 0.717) is 6.61 Å². The zero-order chi connectivity index (χ0) is 44.8. The van der Waals surface area contributed by atoms with Crippen molar-refractivity contribution in [1.82, 2.24) is 0 Å². The quantitative estimate of drug-likeness (QED) is 0.0451. The fourth-order valence-corrected chi connectivity index (χ4v) is 10.2. The lowest BCUT2D eigenvalue weighted by Gasteiger charge is -2.05. The van der Waals surface area contributed by atoms with Gasteiger partial charge in [-0.1, -0.05) is 354 Å². The zero-order valence-corrected chi connectivity index (χ0v) is 44.0. The van der Waals surface area contributed by atoms with Gasteiger partial charge >= 0.3 is 0 Å². The highest BCUT2D eigenvalue weighted by Gasteiger charge is 2.02. The molecule has 4 heteroatoms. The van der Waals surface area contributed by atoms with Crippen molar-refractivity contribution in [2.75, 3.05) is 12.9 Å². The first-order chi connectivity index (χ1) is 30.6. The number of hydrogen-bond acceptors (Lipinski definition) is 3. The van der Waals surface area contributed by atoms with E-state index in [1.54, 1.807) is 0 Å². The van der Waals surface area contributed by atoms with Gasteiger partial charge in [0.15, 0.2) is 0 Å². The van der Waals surface area contributed by atoms with Gasteiger partial charge in [0.2, 0.25) is 0 Å². The normalized spacial score (nSPS) is 12.0. The fraction of sp³-hybridized carbons (Fsp3) is 1.00. The first-order valence-electron chi connectivity index (χ1n) is 29.4. The third-order valence-corrected chi connectivity index (χ3v) is 14.6. The molecule has 0 spiro atoms. The highest BCUT2D eigenvalue weighted by Crippen LogP contribution is 2.19. The first-order valence-corrected chi connectivity index (χ1v) is 31.2. The molecule has 0 radical (unpaired) electrons. The van der Waals surface area contributed by atoms with E-state index in [1.807, 2.05) is 0 Å². The smallest absolute Gasteiger partial charge is 0.264 e. The molecule has 0 aromatic heterocycles. The van der Waals surface area contributed by atoms with E-state index >= 15 is 0 Å². The van der Waals surface area contributed by atoms with Gasteiger partial charge in [0, 0.05) is 0 Å². The van der Waals surface area contributed by atoms with Gasteiger partial charge in [0.1, 0.15) is 0 Å². The Labute approximate surface area is 393 Å². The van der Waals surface area contributed by atoms with E-state index in [0.717, 1.165) is 19.1 Å². The second kappa shape index (κ2) is 55.2. The Morgan fingerprint density at radius 2 is 0.323 bits per heavy atom. The van der Waals surface area contributed by atoms with Crippen molar-refractivity contribution in [3.8, 4) is 0 Å². The third kappa shape index (κ3) is 59.9. The summed E-state index contributed by atoms with van der Waals surface area (Å²) in [5.41, 5.74) is 0. The molecule has 0 fully saturated rings. The second-order valence-electron chi connectivity index (χ2n) is 20.6. The topological polar surface area (TPSA) is 43.4 Å². The molecular formula is C58H118O3S. The largest absolute Gasteiger partial charge is 0.270 e. The van der Waals surface area contributed by atoms with Crippen molar-refractivity contribution < 1.29 is 12.6 Å². The molecule has 3 nitrogen and oxygen atoms in total. The Kier molecular flexibility index (Phi) is 55.2. The lowest BCUT2D eigenvalue weighted by molar-refractivity contribution is 0.309.